The second-order valence-electron chi connectivity index (χ2n) is 4.22. The molecule has 0 radical (unpaired) electrons. The third-order valence-electron chi connectivity index (χ3n) is 2.79. The number of para-hydroxylation sites is 1. The molecule has 0 bridgehead atoms. The molecular formula is C12H5ClF3N3O2S. The number of nitrogens with one attached hydrogen (secondary N) is 1. The number of benzene rings is 1. The molecule has 0 unspecified atom stereocenters. The van der Waals surface area contributed by atoms with Crippen LogP contribution >= 0.6 is 22.9 Å². The van der Waals surface area contributed by atoms with Crippen LogP contribution < -0.4 is 11.2 Å². The van der Waals surface area contributed by atoms with Gasteiger partial charge in [-0.05, 0) is 12.1 Å². The Morgan fingerprint density at radius 2 is 1.91 bits per heavy atom. The summed E-state index contributed by atoms with van der Waals surface area (Å²) < 4.78 is 38.9. The molecule has 0 spiro atoms. The largest absolute Gasteiger partial charge is 0.443 e. The van der Waals surface area contributed by atoms with E-state index >= 15 is 0 Å². The minimum Gasteiger partial charge on any atom is -0.272 e. The van der Waals surface area contributed by atoms with Gasteiger partial charge in [0, 0.05) is 0 Å². The normalized spacial score (nSPS) is 12.0. The van der Waals surface area contributed by atoms with Crippen LogP contribution in [-0.2, 0) is 6.18 Å². The molecule has 3 rings (SSSR count). The SMILES string of the molecule is O=c1[nH]c(=O)n(-c2ccccc2Cl)c2nc(C(F)(F)F)sc12. The van der Waals surface area contributed by atoms with E-state index < -0.39 is 22.4 Å². The van der Waals surface area contributed by atoms with E-state index in [1.807, 2.05) is 4.98 Å². The van der Waals surface area contributed by atoms with Crippen LogP contribution in [0.1, 0.15) is 5.01 Å². The first kappa shape index (κ1) is 14.8. The van der Waals surface area contributed by atoms with Crippen molar-refractivity contribution in [2.75, 3.05) is 0 Å². The lowest BCUT2D eigenvalue weighted by Gasteiger charge is -2.07. The van der Waals surface area contributed by atoms with E-state index in [4.69, 9.17) is 11.6 Å². The van der Waals surface area contributed by atoms with Crippen LogP contribution in [0.15, 0.2) is 33.9 Å². The van der Waals surface area contributed by atoms with Gasteiger partial charge < -0.3 is 0 Å². The zero-order chi connectivity index (χ0) is 16.1. The van der Waals surface area contributed by atoms with Crippen molar-refractivity contribution in [2.45, 2.75) is 6.18 Å². The maximum atomic E-state index is 12.8. The smallest absolute Gasteiger partial charge is 0.272 e. The Kier molecular flexibility index (Phi) is 3.33. The lowest BCUT2D eigenvalue weighted by Crippen LogP contribution is -2.29. The summed E-state index contributed by atoms with van der Waals surface area (Å²) in [7, 11) is 0. The van der Waals surface area contributed by atoms with Crippen molar-refractivity contribution in [3.05, 3.63) is 55.1 Å². The number of aromatic amines is 1. The molecular weight excluding hydrogens is 343 g/mol. The standard InChI is InChI=1S/C12H5ClF3N3O2S/c13-5-3-1-2-4-6(5)19-8-7(9(20)18-11(19)21)22-10(17-8)12(14,15)16/h1-4H,(H,18,20,21). The Morgan fingerprint density at radius 3 is 2.55 bits per heavy atom. The summed E-state index contributed by atoms with van der Waals surface area (Å²) in [5.41, 5.74) is -2.07. The van der Waals surface area contributed by atoms with Gasteiger partial charge in [0.15, 0.2) is 5.65 Å². The number of alkyl halides is 3. The van der Waals surface area contributed by atoms with Crippen LogP contribution in [0.4, 0.5) is 13.2 Å². The molecule has 3 aromatic rings. The minimum absolute atomic E-state index is 0.134. The number of thiazole rings is 1. The average molecular weight is 348 g/mol. The summed E-state index contributed by atoms with van der Waals surface area (Å²) in [6.45, 7) is 0. The monoisotopic (exact) mass is 347 g/mol. The molecule has 0 fully saturated rings. The molecule has 0 saturated carbocycles. The van der Waals surface area contributed by atoms with Crippen LogP contribution in [0.5, 0.6) is 0 Å². The molecule has 1 N–H and O–H groups in total. The molecule has 2 aromatic heterocycles. The second kappa shape index (κ2) is 4.96. The maximum absolute atomic E-state index is 12.8. The Hall–Kier alpha value is -2.13. The molecule has 0 aliphatic heterocycles. The number of nitrogens with zero attached hydrogens (tertiary/aromatic N) is 2. The van der Waals surface area contributed by atoms with Crippen LogP contribution in [0.25, 0.3) is 16.0 Å². The predicted molar refractivity (Wildman–Crippen MR) is 75.8 cm³/mol. The average Bonchev–Trinajstić information content (AvgIpc) is 2.86. The molecule has 2 heterocycles. The fourth-order valence-corrected chi connectivity index (χ4v) is 2.93. The Labute approximate surface area is 128 Å². The highest BCUT2D eigenvalue weighted by molar-refractivity contribution is 7.18. The van der Waals surface area contributed by atoms with Crippen molar-refractivity contribution in [3.63, 3.8) is 0 Å². The van der Waals surface area contributed by atoms with Gasteiger partial charge in [-0.25, -0.2) is 14.3 Å². The first-order valence-corrected chi connectivity index (χ1v) is 6.96. The number of halogens is 4. The van der Waals surface area contributed by atoms with E-state index in [1.54, 1.807) is 12.1 Å². The van der Waals surface area contributed by atoms with Crippen LogP contribution in [0, 0.1) is 0 Å². The van der Waals surface area contributed by atoms with Crippen LogP contribution in [0.2, 0.25) is 5.02 Å². The number of aromatic nitrogens is 3. The Bertz CT molecular complexity index is 990. The molecule has 0 amide bonds. The zero-order valence-corrected chi connectivity index (χ0v) is 12.0. The van der Waals surface area contributed by atoms with Gasteiger partial charge >= 0.3 is 11.9 Å². The minimum atomic E-state index is -4.71. The van der Waals surface area contributed by atoms with E-state index in [0.717, 1.165) is 4.57 Å². The van der Waals surface area contributed by atoms with E-state index in [2.05, 4.69) is 4.98 Å². The number of hydrogen-bond donors (Lipinski definition) is 1. The van der Waals surface area contributed by atoms with Gasteiger partial charge in [-0.2, -0.15) is 13.2 Å². The highest BCUT2D eigenvalue weighted by Gasteiger charge is 2.36. The van der Waals surface area contributed by atoms with Gasteiger partial charge in [0.2, 0.25) is 5.01 Å². The summed E-state index contributed by atoms with van der Waals surface area (Å²) in [6.07, 6.45) is -4.71. The predicted octanol–water partition coefficient (Wildman–Crippen LogP) is 2.81. The number of fused-ring (bicyclic) bond motifs is 1. The summed E-state index contributed by atoms with van der Waals surface area (Å²) in [5, 5.41) is -1.07. The second-order valence-corrected chi connectivity index (χ2v) is 5.62. The van der Waals surface area contributed by atoms with Crippen molar-refractivity contribution in [3.8, 4) is 5.69 Å². The van der Waals surface area contributed by atoms with Crippen molar-refractivity contribution < 1.29 is 13.2 Å². The third kappa shape index (κ3) is 2.32. The molecule has 0 saturated heterocycles. The zero-order valence-electron chi connectivity index (χ0n) is 10.4. The quantitative estimate of drug-likeness (QED) is 0.736. The molecule has 5 nitrogen and oxygen atoms in total. The summed E-state index contributed by atoms with van der Waals surface area (Å²) in [6, 6.07) is 6.06. The van der Waals surface area contributed by atoms with Crippen molar-refractivity contribution in [2.24, 2.45) is 0 Å². The van der Waals surface area contributed by atoms with Gasteiger partial charge in [0.25, 0.3) is 5.56 Å². The Balaban J connectivity index is 2.45. The number of hydrogen-bond acceptors (Lipinski definition) is 4. The third-order valence-corrected chi connectivity index (χ3v) is 4.19. The fourth-order valence-electron chi connectivity index (χ4n) is 1.90. The number of H-pyrrole nitrogens is 1. The first-order chi connectivity index (χ1) is 10.3. The summed E-state index contributed by atoms with van der Waals surface area (Å²) in [5.74, 6) is 0. The van der Waals surface area contributed by atoms with E-state index in [1.165, 1.54) is 12.1 Å². The van der Waals surface area contributed by atoms with Crippen LogP contribution in [0.3, 0.4) is 0 Å². The van der Waals surface area contributed by atoms with E-state index in [9.17, 15) is 22.8 Å². The summed E-state index contributed by atoms with van der Waals surface area (Å²) in [4.78, 5) is 29.1. The molecule has 0 aliphatic carbocycles. The van der Waals surface area contributed by atoms with E-state index in [-0.39, 0.29) is 32.4 Å². The fraction of sp³-hybridized carbons (Fsp3) is 0.0833. The molecule has 0 aliphatic rings. The molecule has 1 aromatic carbocycles. The summed E-state index contributed by atoms with van der Waals surface area (Å²) >= 11 is 6.14. The van der Waals surface area contributed by atoms with Crippen molar-refractivity contribution >= 4 is 33.3 Å². The Morgan fingerprint density at radius 1 is 1.23 bits per heavy atom. The lowest BCUT2D eigenvalue weighted by molar-refractivity contribution is -0.137. The van der Waals surface area contributed by atoms with Gasteiger partial charge in [-0.1, -0.05) is 23.7 Å². The topological polar surface area (TPSA) is 67.8 Å². The highest BCUT2D eigenvalue weighted by atomic mass is 35.5. The molecule has 0 atom stereocenters. The van der Waals surface area contributed by atoms with Gasteiger partial charge in [0.05, 0.1) is 10.7 Å². The maximum Gasteiger partial charge on any atom is 0.443 e. The van der Waals surface area contributed by atoms with Crippen LogP contribution in [-0.4, -0.2) is 14.5 Å². The van der Waals surface area contributed by atoms with E-state index in [0.29, 0.717) is 0 Å². The van der Waals surface area contributed by atoms with Crippen molar-refractivity contribution in [1.29, 1.82) is 0 Å². The first-order valence-electron chi connectivity index (χ1n) is 5.77. The molecule has 22 heavy (non-hydrogen) atoms. The van der Waals surface area contributed by atoms with Crippen molar-refractivity contribution in [1.82, 2.24) is 14.5 Å². The lowest BCUT2D eigenvalue weighted by atomic mass is 10.3. The molecule has 10 heteroatoms. The molecule has 114 valence electrons. The van der Waals surface area contributed by atoms with Gasteiger partial charge in [-0.15, -0.1) is 11.3 Å². The van der Waals surface area contributed by atoms with Gasteiger partial charge in [0.1, 0.15) is 4.70 Å². The number of rotatable bonds is 1. The highest BCUT2D eigenvalue weighted by Crippen LogP contribution is 2.34. The van der Waals surface area contributed by atoms with Gasteiger partial charge in [-0.3, -0.25) is 9.78 Å².